The molecule has 0 radical (unpaired) electrons. The van der Waals surface area contributed by atoms with Crippen molar-refractivity contribution in [2.45, 2.75) is 38.2 Å². The monoisotopic (exact) mass is 169 g/mol. The molecule has 2 fully saturated rings. The third kappa shape index (κ3) is 1.50. The summed E-state index contributed by atoms with van der Waals surface area (Å²) in [5.74, 6) is 0.648. The van der Waals surface area contributed by atoms with Gasteiger partial charge in [0.1, 0.15) is 0 Å². The van der Waals surface area contributed by atoms with Gasteiger partial charge in [-0.1, -0.05) is 13.3 Å². The van der Waals surface area contributed by atoms with Gasteiger partial charge in [-0.25, -0.2) is 0 Å². The lowest BCUT2D eigenvalue weighted by molar-refractivity contribution is 0.0498. The molecule has 12 heavy (non-hydrogen) atoms. The molecule has 0 aromatic rings. The molecular formula is C10H19NO. The van der Waals surface area contributed by atoms with E-state index in [-0.39, 0.29) is 5.60 Å². The molecular weight excluding hydrogens is 150 g/mol. The van der Waals surface area contributed by atoms with E-state index in [4.69, 9.17) is 0 Å². The molecule has 1 aliphatic carbocycles. The van der Waals surface area contributed by atoms with Gasteiger partial charge in [0.2, 0.25) is 0 Å². The van der Waals surface area contributed by atoms with Crippen LogP contribution in [-0.4, -0.2) is 35.2 Å². The van der Waals surface area contributed by atoms with Crippen LogP contribution in [0.25, 0.3) is 0 Å². The number of likely N-dealkylation sites (tertiary alicyclic amines) is 1. The number of rotatable bonds is 3. The van der Waals surface area contributed by atoms with Gasteiger partial charge in [0.05, 0.1) is 5.60 Å². The quantitative estimate of drug-likeness (QED) is 0.687. The van der Waals surface area contributed by atoms with Crippen LogP contribution in [0.5, 0.6) is 0 Å². The fourth-order valence-electron chi connectivity index (χ4n) is 2.31. The Labute approximate surface area is 74.6 Å². The number of fused-ring (bicyclic) bond motifs is 1. The lowest BCUT2D eigenvalue weighted by Gasteiger charge is -2.29. The average molecular weight is 169 g/mol. The fourth-order valence-corrected chi connectivity index (χ4v) is 2.31. The van der Waals surface area contributed by atoms with Gasteiger partial charge in [-0.2, -0.15) is 0 Å². The zero-order valence-corrected chi connectivity index (χ0v) is 7.92. The van der Waals surface area contributed by atoms with Crippen LogP contribution in [0, 0.1) is 5.92 Å². The largest absolute Gasteiger partial charge is 0.388 e. The first-order chi connectivity index (χ1) is 5.74. The molecule has 2 aliphatic rings. The van der Waals surface area contributed by atoms with Crippen molar-refractivity contribution >= 4 is 0 Å². The molecule has 2 heteroatoms. The van der Waals surface area contributed by atoms with Gasteiger partial charge < -0.3 is 10.0 Å². The first-order valence-electron chi connectivity index (χ1n) is 5.19. The molecule has 0 aromatic carbocycles. The number of piperidine rings is 1. The molecule has 70 valence electrons. The average Bonchev–Trinajstić information content (AvgIpc) is 2.71. The Kier molecular flexibility index (Phi) is 2.13. The highest BCUT2D eigenvalue weighted by Crippen LogP contribution is 2.48. The summed E-state index contributed by atoms with van der Waals surface area (Å²) in [6, 6.07) is 0. The molecule has 0 aromatic heterocycles. The van der Waals surface area contributed by atoms with Crippen LogP contribution >= 0.6 is 0 Å². The van der Waals surface area contributed by atoms with Crippen LogP contribution in [0.3, 0.4) is 0 Å². The Morgan fingerprint density at radius 2 is 2.42 bits per heavy atom. The van der Waals surface area contributed by atoms with Gasteiger partial charge in [0.15, 0.2) is 0 Å². The lowest BCUT2D eigenvalue weighted by atomic mass is 10.1. The van der Waals surface area contributed by atoms with E-state index in [0.29, 0.717) is 5.92 Å². The first kappa shape index (κ1) is 8.52. The second kappa shape index (κ2) is 3.00. The third-order valence-electron chi connectivity index (χ3n) is 3.32. The van der Waals surface area contributed by atoms with Crippen LogP contribution in [0.15, 0.2) is 0 Å². The maximum atomic E-state index is 9.88. The molecule has 1 N–H and O–H groups in total. The summed E-state index contributed by atoms with van der Waals surface area (Å²) in [5.41, 5.74) is -0.258. The van der Waals surface area contributed by atoms with Gasteiger partial charge in [-0.3, -0.25) is 0 Å². The third-order valence-corrected chi connectivity index (χ3v) is 3.32. The summed E-state index contributed by atoms with van der Waals surface area (Å²) in [7, 11) is 0. The number of hydrogen-bond acceptors (Lipinski definition) is 2. The number of aliphatic hydroxyl groups is 1. The maximum absolute atomic E-state index is 9.88. The van der Waals surface area contributed by atoms with E-state index in [0.717, 1.165) is 13.0 Å². The van der Waals surface area contributed by atoms with Crippen LogP contribution in [0.1, 0.15) is 32.6 Å². The molecule has 2 atom stereocenters. The standard InChI is InChI=1S/C10H19NO/c1-2-3-5-11-6-4-9-7-10(9,12)8-11/h9,12H,2-8H2,1H3/t9-,10+/m1/s1. The summed E-state index contributed by atoms with van der Waals surface area (Å²) in [6.45, 7) is 5.56. The van der Waals surface area contributed by atoms with Gasteiger partial charge in [0, 0.05) is 6.54 Å². The summed E-state index contributed by atoms with van der Waals surface area (Å²) in [5, 5.41) is 9.88. The van der Waals surface area contributed by atoms with Gasteiger partial charge in [-0.15, -0.1) is 0 Å². The maximum Gasteiger partial charge on any atom is 0.0807 e. The number of β-amino-alcohol motifs (C(OH)–C–C–N with tert-alkyl or cyclic N) is 1. The van der Waals surface area contributed by atoms with Crippen LogP contribution in [-0.2, 0) is 0 Å². The molecule has 1 aliphatic heterocycles. The van der Waals surface area contributed by atoms with E-state index in [1.54, 1.807) is 0 Å². The number of unbranched alkanes of at least 4 members (excludes halogenated alkanes) is 1. The van der Waals surface area contributed by atoms with Crippen molar-refractivity contribution in [3.63, 3.8) is 0 Å². The van der Waals surface area contributed by atoms with Crippen molar-refractivity contribution in [3.05, 3.63) is 0 Å². The topological polar surface area (TPSA) is 23.5 Å². The highest BCUT2D eigenvalue weighted by molar-refractivity contribution is 5.08. The summed E-state index contributed by atoms with van der Waals surface area (Å²) in [4.78, 5) is 2.42. The Balaban J connectivity index is 1.78. The van der Waals surface area contributed by atoms with Crippen molar-refractivity contribution in [2.24, 2.45) is 5.92 Å². The van der Waals surface area contributed by atoms with Gasteiger partial charge in [0.25, 0.3) is 0 Å². The highest BCUT2D eigenvalue weighted by Gasteiger charge is 2.55. The molecule has 2 nitrogen and oxygen atoms in total. The molecule has 0 amide bonds. The molecule has 0 spiro atoms. The normalized spacial score (nSPS) is 41.0. The minimum Gasteiger partial charge on any atom is -0.388 e. The molecule has 1 saturated heterocycles. The Hall–Kier alpha value is -0.0800. The second-order valence-corrected chi connectivity index (χ2v) is 4.42. The fraction of sp³-hybridized carbons (Fsp3) is 1.00. The summed E-state index contributed by atoms with van der Waals surface area (Å²) < 4.78 is 0. The van der Waals surface area contributed by atoms with Gasteiger partial charge in [-0.05, 0) is 38.3 Å². The van der Waals surface area contributed by atoms with Crippen molar-refractivity contribution in [1.29, 1.82) is 0 Å². The SMILES string of the molecule is CCCCN1CC[C@@H]2C[C@]2(O)C1. The Bertz CT molecular complexity index is 171. The zero-order valence-electron chi connectivity index (χ0n) is 7.92. The van der Waals surface area contributed by atoms with Crippen molar-refractivity contribution in [1.82, 2.24) is 4.90 Å². The minimum absolute atomic E-state index is 0.258. The first-order valence-corrected chi connectivity index (χ1v) is 5.19. The van der Waals surface area contributed by atoms with E-state index in [2.05, 4.69) is 11.8 Å². The highest BCUT2D eigenvalue weighted by atomic mass is 16.3. The molecule has 0 unspecified atom stereocenters. The van der Waals surface area contributed by atoms with E-state index >= 15 is 0 Å². The molecule has 0 bridgehead atoms. The second-order valence-electron chi connectivity index (χ2n) is 4.42. The minimum atomic E-state index is -0.258. The van der Waals surface area contributed by atoms with E-state index in [1.807, 2.05) is 0 Å². The molecule has 2 rings (SSSR count). The van der Waals surface area contributed by atoms with E-state index in [9.17, 15) is 5.11 Å². The Morgan fingerprint density at radius 1 is 1.58 bits per heavy atom. The zero-order chi connectivity index (χ0) is 8.60. The van der Waals surface area contributed by atoms with Crippen LogP contribution in [0.4, 0.5) is 0 Å². The Morgan fingerprint density at radius 3 is 3.08 bits per heavy atom. The molecule has 1 saturated carbocycles. The van der Waals surface area contributed by atoms with E-state index in [1.165, 1.54) is 32.4 Å². The van der Waals surface area contributed by atoms with Crippen molar-refractivity contribution in [2.75, 3.05) is 19.6 Å². The van der Waals surface area contributed by atoms with Crippen LogP contribution < -0.4 is 0 Å². The molecule has 1 heterocycles. The van der Waals surface area contributed by atoms with Crippen molar-refractivity contribution in [3.8, 4) is 0 Å². The van der Waals surface area contributed by atoms with Gasteiger partial charge >= 0.3 is 0 Å². The lowest BCUT2D eigenvalue weighted by Crippen LogP contribution is -2.40. The summed E-state index contributed by atoms with van der Waals surface area (Å²) in [6.07, 6.45) is 4.83. The smallest absolute Gasteiger partial charge is 0.0807 e. The van der Waals surface area contributed by atoms with Crippen molar-refractivity contribution < 1.29 is 5.11 Å². The number of hydrogen-bond donors (Lipinski definition) is 1. The predicted octanol–water partition coefficient (Wildman–Crippen LogP) is 1.24. The predicted molar refractivity (Wildman–Crippen MR) is 49.0 cm³/mol. The van der Waals surface area contributed by atoms with E-state index < -0.39 is 0 Å². The van der Waals surface area contributed by atoms with Crippen LogP contribution in [0.2, 0.25) is 0 Å². The number of nitrogens with zero attached hydrogens (tertiary/aromatic N) is 1. The summed E-state index contributed by atoms with van der Waals surface area (Å²) >= 11 is 0.